The minimum absolute atomic E-state index is 0.181. The summed E-state index contributed by atoms with van der Waals surface area (Å²) in [6.07, 6.45) is 2.62. The molecule has 8 nitrogen and oxygen atoms in total. The SMILES string of the molecule is CC1=C(C)/C(=N/OS(=O)(=O)c2ccc([N+](=O)[O-])cc2)C=CC1=O. The Morgan fingerprint density at radius 1 is 1.09 bits per heavy atom. The van der Waals surface area contributed by atoms with Gasteiger partial charge in [0.25, 0.3) is 5.69 Å². The number of ketones is 1. The Kier molecular flexibility index (Phi) is 4.41. The Balaban J connectivity index is 2.25. The second-order valence-corrected chi connectivity index (χ2v) is 6.23. The molecule has 120 valence electrons. The Bertz CT molecular complexity index is 863. The van der Waals surface area contributed by atoms with Gasteiger partial charge in [0.1, 0.15) is 10.6 Å². The van der Waals surface area contributed by atoms with Crippen LogP contribution in [0.1, 0.15) is 13.8 Å². The molecule has 0 amide bonds. The maximum atomic E-state index is 12.0. The van der Waals surface area contributed by atoms with Crippen LogP contribution >= 0.6 is 0 Å². The number of carbonyl (C=O) groups is 1. The van der Waals surface area contributed by atoms with Gasteiger partial charge in [-0.3, -0.25) is 19.2 Å². The molecule has 0 unspecified atom stereocenters. The molecule has 1 aromatic carbocycles. The largest absolute Gasteiger partial charge is 0.358 e. The smallest absolute Gasteiger partial charge is 0.290 e. The van der Waals surface area contributed by atoms with Crippen LogP contribution < -0.4 is 0 Å². The van der Waals surface area contributed by atoms with Crippen molar-refractivity contribution in [2.75, 3.05) is 0 Å². The molecule has 0 fully saturated rings. The van der Waals surface area contributed by atoms with Crippen LogP contribution in [-0.4, -0.2) is 24.8 Å². The van der Waals surface area contributed by atoms with E-state index in [2.05, 4.69) is 9.44 Å². The normalized spacial score (nSPS) is 16.8. The number of non-ortho nitro benzene ring substituents is 1. The van der Waals surface area contributed by atoms with Crippen LogP contribution in [0.4, 0.5) is 5.69 Å². The maximum absolute atomic E-state index is 12.0. The second kappa shape index (κ2) is 6.13. The minimum Gasteiger partial charge on any atom is -0.290 e. The van der Waals surface area contributed by atoms with Crippen LogP contribution in [0.15, 0.2) is 57.6 Å². The summed E-state index contributed by atoms with van der Waals surface area (Å²) in [7, 11) is -4.21. The Labute approximate surface area is 132 Å². The third-order valence-corrected chi connectivity index (χ3v) is 4.40. The number of carbonyl (C=O) groups excluding carboxylic acids is 1. The third-order valence-electron chi connectivity index (χ3n) is 3.28. The molecule has 0 aliphatic heterocycles. The summed E-state index contributed by atoms with van der Waals surface area (Å²) < 4.78 is 28.6. The molecule has 0 aromatic heterocycles. The summed E-state index contributed by atoms with van der Waals surface area (Å²) in [6.45, 7) is 3.22. The first kappa shape index (κ1) is 16.6. The zero-order chi connectivity index (χ0) is 17.2. The fourth-order valence-corrected chi connectivity index (χ4v) is 2.48. The maximum Gasteiger partial charge on any atom is 0.358 e. The monoisotopic (exact) mass is 336 g/mol. The van der Waals surface area contributed by atoms with Crippen molar-refractivity contribution in [2.24, 2.45) is 5.16 Å². The van der Waals surface area contributed by atoms with E-state index in [4.69, 9.17) is 0 Å². The van der Waals surface area contributed by atoms with Crippen molar-refractivity contribution in [3.8, 4) is 0 Å². The summed E-state index contributed by atoms with van der Waals surface area (Å²) in [4.78, 5) is 21.1. The van der Waals surface area contributed by atoms with E-state index in [-0.39, 0.29) is 22.1 Å². The average molecular weight is 336 g/mol. The van der Waals surface area contributed by atoms with Gasteiger partial charge in [-0.1, -0.05) is 5.16 Å². The molecule has 1 aliphatic carbocycles. The lowest BCUT2D eigenvalue weighted by molar-refractivity contribution is -0.384. The number of benzene rings is 1. The lowest BCUT2D eigenvalue weighted by atomic mass is 9.97. The number of allylic oxidation sites excluding steroid dienone is 4. The van der Waals surface area contributed by atoms with E-state index in [1.54, 1.807) is 13.8 Å². The standard InChI is InChI=1S/C14H12N2O6S/c1-9-10(2)14(17)8-7-13(9)15-22-23(20,21)12-5-3-11(4-6-12)16(18)19/h3-8H,1-2H3/b15-13+. The summed E-state index contributed by atoms with van der Waals surface area (Å²) in [6, 6.07) is 4.22. The summed E-state index contributed by atoms with van der Waals surface area (Å²) in [5.74, 6) is -0.181. The van der Waals surface area contributed by atoms with E-state index in [1.165, 1.54) is 12.2 Å². The summed E-state index contributed by atoms with van der Waals surface area (Å²) >= 11 is 0. The van der Waals surface area contributed by atoms with Crippen molar-refractivity contribution >= 4 is 27.3 Å². The predicted molar refractivity (Wildman–Crippen MR) is 81.3 cm³/mol. The van der Waals surface area contributed by atoms with Crippen molar-refractivity contribution < 1.29 is 22.4 Å². The number of nitro groups is 1. The van der Waals surface area contributed by atoms with Gasteiger partial charge in [0, 0.05) is 17.7 Å². The zero-order valence-corrected chi connectivity index (χ0v) is 13.0. The molecular formula is C14H12N2O6S. The van der Waals surface area contributed by atoms with Gasteiger partial charge < -0.3 is 0 Å². The van der Waals surface area contributed by atoms with Crippen molar-refractivity contribution in [3.05, 3.63) is 57.7 Å². The molecular weight excluding hydrogens is 324 g/mol. The highest BCUT2D eigenvalue weighted by Crippen LogP contribution is 2.19. The number of rotatable bonds is 4. The fraction of sp³-hybridized carbons (Fsp3) is 0.143. The predicted octanol–water partition coefficient (Wildman–Crippen LogP) is 2.13. The Morgan fingerprint density at radius 3 is 2.26 bits per heavy atom. The number of oxime groups is 1. The number of hydrogen-bond acceptors (Lipinski definition) is 7. The van der Waals surface area contributed by atoms with E-state index >= 15 is 0 Å². The van der Waals surface area contributed by atoms with Crippen molar-refractivity contribution in [2.45, 2.75) is 18.7 Å². The molecule has 0 saturated heterocycles. The minimum atomic E-state index is -4.21. The van der Waals surface area contributed by atoms with E-state index < -0.39 is 15.0 Å². The van der Waals surface area contributed by atoms with E-state index in [9.17, 15) is 23.3 Å². The van der Waals surface area contributed by atoms with E-state index in [1.807, 2.05) is 0 Å². The highest BCUT2D eigenvalue weighted by molar-refractivity contribution is 7.86. The van der Waals surface area contributed by atoms with Gasteiger partial charge in [0.05, 0.1) is 4.92 Å². The number of nitro benzene ring substituents is 1. The molecule has 2 rings (SSSR count). The molecule has 1 aliphatic rings. The van der Waals surface area contributed by atoms with E-state index in [0.717, 1.165) is 24.3 Å². The first-order valence-corrected chi connectivity index (χ1v) is 7.79. The van der Waals surface area contributed by atoms with Gasteiger partial charge in [-0.25, -0.2) is 0 Å². The second-order valence-electron chi connectivity index (χ2n) is 4.70. The topological polar surface area (TPSA) is 116 Å². The van der Waals surface area contributed by atoms with Crippen molar-refractivity contribution in [3.63, 3.8) is 0 Å². The first-order chi connectivity index (χ1) is 10.7. The van der Waals surface area contributed by atoms with Crippen LogP contribution in [0.5, 0.6) is 0 Å². The molecule has 0 spiro atoms. The quantitative estimate of drug-likeness (QED) is 0.472. The highest BCUT2D eigenvalue weighted by atomic mass is 32.2. The van der Waals surface area contributed by atoms with Gasteiger partial charge >= 0.3 is 10.1 Å². The van der Waals surface area contributed by atoms with Gasteiger partial charge in [-0.15, -0.1) is 0 Å². The van der Waals surface area contributed by atoms with Crippen LogP contribution in [0, 0.1) is 10.1 Å². The fourth-order valence-electron chi connectivity index (χ4n) is 1.75. The molecule has 0 radical (unpaired) electrons. The van der Waals surface area contributed by atoms with Crippen LogP contribution in [-0.2, 0) is 19.2 Å². The van der Waals surface area contributed by atoms with Crippen LogP contribution in [0.3, 0.4) is 0 Å². The lowest BCUT2D eigenvalue weighted by Gasteiger charge is -2.10. The Morgan fingerprint density at radius 2 is 1.70 bits per heavy atom. The number of nitrogens with zero attached hydrogens (tertiary/aromatic N) is 2. The van der Waals surface area contributed by atoms with Crippen molar-refractivity contribution in [1.82, 2.24) is 0 Å². The molecule has 0 N–H and O–H groups in total. The van der Waals surface area contributed by atoms with E-state index in [0.29, 0.717) is 11.1 Å². The molecule has 23 heavy (non-hydrogen) atoms. The van der Waals surface area contributed by atoms with Crippen LogP contribution in [0.2, 0.25) is 0 Å². The molecule has 0 atom stereocenters. The summed E-state index contributed by atoms with van der Waals surface area (Å²) in [5.41, 5.74) is 0.935. The lowest BCUT2D eigenvalue weighted by Crippen LogP contribution is -2.12. The van der Waals surface area contributed by atoms with Gasteiger partial charge in [0.15, 0.2) is 5.78 Å². The average Bonchev–Trinajstić information content (AvgIpc) is 2.52. The Hall–Kier alpha value is -2.81. The molecule has 0 bridgehead atoms. The van der Waals surface area contributed by atoms with Crippen LogP contribution in [0.25, 0.3) is 0 Å². The molecule has 0 saturated carbocycles. The van der Waals surface area contributed by atoms with Gasteiger partial charge in [0.2, 0.25) is 0 Å². The number of hydrogen-bond donors (Lipinski definition) is 0. The molecule has 9 heteroatoms. The molecule has 1 aromatic rings. The zero-order valence-electron chi connectivity index (χ0n) is 12.2. The van der Waals surface area contributed by atoms with Crippen molar-refractivity contribution in [1.29, 1.82) is 0 Å². The molecule has 0 heterocycles. The third kappa shape index (κ3) is 3.51. The van der Waals surface area contributed by atoms with Gasteiger partial charge in [-0.05, 0) is 43.7 Å². The summed E-state index contributed by atoms with van der Waals surface area (Å²) in [5, 5.41) is 14.1. The first-order valence-electron chi connectivity index (χ1n) is 6.39. The highest BCUT2D eigenvalue weighted by Gasteiger charge is 2.19. The van der Waals surface area contributed by atoms with Gasteiger partial charge in [-0.2, -0.15) is 8.42 Å².